The molecule has 0 aliphatic rings. The van der Waals surface area contributed by atoms with Gasteiger partial charge in [0.2, 0.25) is 0 Å². The fourth-order valence-corrected chi connectivity index (χ4v) is 1.42. The molecular weight excluding hydrogens is 247 g/mol. The van der Waals surface area contributed by atoms with E-state index in [1.165, 1.54) is 12.1 Å². The zero-order valence-electron chi connectivity index (χ0n) is 11.3. The summed E-state index contributed by atoms with van der Waals surface area (Å²) in [6.45, 7) is 5.65. The Morgan fingerprint density at radius 1 is 1.47 bits per heavy atom. The van der Waals surface area contributed by atoms with Crippen molar-refractivity contribution in [3.63, 3.8) is 0 Å². The Bertz CT molecular complexity index is 501. The molecule has 1 N–H and O–H groups in total. The summed E-state index contributed by atoms with van der Waals surface area (Å²) in [5.74, 6) is -0.850. The van der Waals surface area contributed by atoms with E-state index in [0.29, 0.717) is 0 Å². The third-order valence-electron chi connectivity index (χ3n) is 2.16. The van der Waals surface area contributed by atoms with E-state index in [1.54, 1.807) is 20.8 Å². The second-order valence-electron chi connectivity index (χ2n) is 5.07. The van der Waals surface area contributed by atoms with Crippen molar-refractivity contribution < 1.29 is 13.9 Å². The van der Waals surface area contributed by atoms with Crippen molar-refractivity contribution in [2.24, 2.45) is 0 Å². The Morgan fingerprint density at radius 3 is 2.68 bits per heavy atom. The Kier molecular flexibility index (Phi) is 4.87. The van der Waals surface area contributed by atoms with Gasteiger partial charge in [0.25, 0.3) is 0 Å². The van der Waals surface area contributed by atoms with Gasteiger partial charge in [0, 0.05) is 6.54 Å². The maximum atomic E-state index is 13.5. The number of nitriles is 1. The van der Waals surface area contributed by atoms with Gasteiger partial charge in [0.15, 0.2) is 0 Å². The van der Waals surface area contributed by atoms with Crippen LogP contribution in [0.1, 0.15) is 32.8 Å². The van der Waals surface area contributed by atoms with Crippen LogP contribution in [0, 0.1) is 17.1 Å². The zero-order chi connectivity index (χ0) is 14.5. The molecule has 0 aliphatic heterocycles. The molecule has 0 unspecified atom stereocenters. The topological polar surface area (TPSA) is 62.1 Å². The number of halogens is 1. The molecule has 0 aliphatic carbocycles. The van der Waals surface area contributed by atoms with Crippen molar-refractivity contribution >= 4 is 11.7 Å². The summed E-state index contributed by atoms with van der Waals surface area (Å²) < 4.78 is 18.6. The monoisotopic (exact) mass is 264 g/mol. The SMILES string of the molecule is CC(C)(C)OC(=O)CCNc1ccc(C#N)cc1F. The van der Waals surface area contributed by atoms with Crippen LogP contribution in [0.15, 0.2) is 18.2 Å². The number of carbonyl (C=O) groups excluding carboxylic acids is 1. The van der Waals surface area contributed by atoms with Crippen LogP contribution in [-0.2, 0) is 9.53 Å². The number of carbonyl (C=O) groups is 1. The molecule has 0 saturated heterocycles. The van der Waals surface area contributed by atoms with Crippen LogP contribution in [0.4, 0.5) is 10.1 Å². The summed E-state index contributed by atoms with van der Waals surface area (Å²) in [6.07, 6.45) is 0.150. The first kappa shape index (κ1) is 15.0. The van der Waals surface area contributed by atoms with Crippen LogP contribution < -0.4 is 5.32 Å². The highest BCUT2D eigenvalue weighted by molar-refractivity contribution is 5.70. The van der Waals surface area contributed by atoms with Crippen molar-refractivity contribution in [2.75, 3.05) is 11.9 Å². The first-order valence-corrected chi connectivity index (χ1v) is 5.97. The largest absolute Gasteiger partial charge is 0.460 e. The fourth-order valence-electron chi connectivity index (χ4n) is 1.42. The van der Waals surface area contributed by atoms with Crippen LogP contribution in [-0.4, -0.2) is 18.1 Å². The highest BCUT2D eigenvalue weighted by atomic mass is 19.1. The van der Waals surface area contributed by atoms with Crippen LogP contribution >= 0.6 is 0 Å². The molecule has 0 fully saturated rings. The third kappa shape index (κ3) is 5.38. The minimum absolute atomic E-state index is 0.150. The summed E-state index contributed by atoms with van der Waals surface area (Å²) in [4.78, 5) is 11.4. The van der Waals surface area contributed by atoms with E-state index in [-0.39, 0.29) is 30.2 Å². The molecule has 4 nitrogen and oxygen atoms in total. The number of hydrogen-bond acceptors (Lipinski definition) is 4. The molecule has 0 bridgehead atoms. The van der Waals surface area contributed by atoms with Gasteiger partial charge in [-0.2, -0.15) is 5.26 Å². The number of nitrogens with zero attached hydrogens (tertiary/aromatic N) is 1. The quantitative estimate of drug-likeness (QED) is 0.849. The molecule has 0 atom stereocenters. The number of rotatable bonds is 4. The normalized spacial score (nSPS) is 10.7. The predicted octanol–water partition coefficient (Wildman–Crippen LogP) is 2.84. The van der Waals surface area contributed by atoms with Crippen molar-refractivity contribution in [3.05, 3.63) is 29.6 Å². The highest BCUT2D eigenvalue weighted by Gasteiger charge is 2.15. The lowest BCUT2D eigenvalue weighted by molar-refractivity contribution is -0.154. The van der Waals surface area contributed by atoms with Crippen molar-refractivity contribution in [2.45, 2.75) is 32.8 Å². The number of hydrogen-bond donors (Lipinski definition) is 1. The lowest BCUT2D eigenvalue weighted by Crippen LogP contribution is -2.25. The third-order valence-corrected chi connectivity index (χ3v) is 2.16. The molecule has 5 heteroatoms. The number of ether oxygens (including phenoxy) is 1. The van der Waals surface area contributed by atoms with Gasteiger partial charge in [0.05, 0.1) is 23.7 Å². The first-order chi connectivity index (χ1) is 8.81. The van der Waals surface area contributed by atoms with Gasteiger partial charge in [-0.3, -0.25) is 4.79 Å². The number of benzene rings is 1. The van der Waals surface area contributed by atoms with Crippen molar-refractivity contribution in [1.29, 1.82) is 5.26 Å². The Labute approximate surface area is 112 Å². The van der Waals surface area contributed by atoms with Gasteiger partial charge in [-0.25, -0.2) is 4.39 Å². The maximum absolute atomic E-state index is 13.5. The Hall–Kier alpha value is -2.09. The van der Waals surface area contributed by atoms with E-state index >= 15 is 0 Å². The minimum Gasteiger partial charge on any atom is -0.460 e. The second-order valence-corrected chi connectivity index (χ2v) is 5.07. The van der Waals surface area contributed by atoms with Gasteiger partial charge < -0.3 is 10.1 Å². The molecule has 1 aromatic rings. The molecule has 1 aromatic carbocycles. The molecular formula is C14H17FN2O2. The fraction of sp³-hybridized carbons (Fsp3) is 0.429. The predicted molar refractivity (Wildman–Crippen MR) is 70.1 cm³/mol. The van der Waals surface area contributed by atoms with E-state index < -0.39 is 11.4 Å². The van der Waals surface area contributed by atoms with Gasteiger partial charge in [-0.05, 0) is 39.0 Å². The van der Waals surface area contributed by atoms with Gasteiger partial charge in [0.1, 0.15) is 11.4 Å². The Balaban J connectivity index is 2.46. The number of nitrogens with one attached hydrogen (secondary N) is 1. The highest BCUT2D eigenvalue weighted by Crippen LogP contribution is 2.15. The van der Waals surface area contributed by atoms with E-state index in [4.69, 9.17) is 10.00 Å². The first-order valence-electron chi connectivity index (χ1n) is 5.97. The zero-order valence-corrected chi connectivity index (χ0v) is 11.3. The lowest BCUT2D eigenvalue weighted by atomic mass is 10.2. The summed E-state index contributed by atoms with van der Waals surface area (Å²) in [7, 11) is 0. The van der Waals surface area contributed by atoms with E-state index in [9.17, 15) is 9.18 Å². The molecule has 0 saturated carbocycles. The summed E-state index contributed by atoms with van der Waals surface area (Å²) in [6, 6.07) is 5.99. The maximum Gasteiger partial charge on any atom is 0.308 e. The van der Waals surface area contributed by atoms with E-state index in [1.807, 2.05) is 6.07 Å². The van der Waals surface area contributed by atoms with Crippen LogP contribution in [0.2, 0.25) is 0 Å². The van der Waals surface area contributed by atoms with Crippen LogP contribution in [0.5, 0.6) is 0 Å². The second kappa shape index (κ2) is 6.19. The van der Waals surface area contributed by atoms with Gasteiger partial charge in [-0.1, -0.05) is 0 Å². The van der Waals surface area contributed by atoms with Crippen molar-refractivity contribution in [3.8, 4) is 6.07 Å². The molecule has 19 heavy (non-hydrogen) atoms. The molecule has 102 valence electrons. The minimum atomic E-state index is -0.517. The number of esters is 1. The molecule has 0 radical (unpaired) electrons. The van der Waals surface area contributed by atoms with Crippen molar-refractivity contribution in [1.82, 2.24) is 0 Å². The van der Waals surface area contributed by atoms with Gasteiger partial charge in [-0.15, -0.1) is 0 Å². The molecule has 0 spiro atoms. The van der Waals surface area contributed by atoms with E-state index in [2.05, 4.69) is 5.32 Å². The smallest absolute Gasteiger partial charge is 0.308 e. The van der Waals surface area contributed by atoms with Gasteiger partial charge >= 0.3 is 5.97 Å². The molecule has 0 heterocycles. The van der Waals surface area contributed by atoms with Crippen LogP contribution in [0.25, 0.3) is 0 Å². The average molecular weight is 264 g/mol. The molecule has 0 aromatic heterocycles. The molecule has 0 amide bonds. The summed E-state index contributed by atoms with van der Waals surface area (Å²) in [5, 5.41) is 11.4. The lowest BCUT2D eigenvalue weighted by Gasteiger charge is -2.19. The Morgan fingerprint density at radius 2 is 2.16 bits per heavy atom. The number of anilines is 1. The summed E-state index contributed by atoms with van der Waals surface area (Å²) >= 11 is 0. The summed E-state index contributed by atoms with van der Waals surface area (Å²) in [5.41, 5.74) is 0.00861. The standard InChI is InChI=1S/C14H17FN2O2/c1-14(2,3)19-13(18)6-7-17-12-5-4-10(9-16)8-11(12)15/h4-5,8,17H,6-7H2,1-3H3. The molecule has 1 rings (SSSR count). The van der Waals surface area contributed by atoms with E-state index in [0.717, 1.165) is 6.07 Å². The van der Waals surface area contributed by atoms with Crippen LogP contribution in [0.3, 0.4) is 0 Å². The average Bonchev–Trinajstić information content (AvgIpc) is 2.28.